The van der Waals surface area contributed by atoms with Crippen molar-refractivity contribution in [3.63, 3.8) is 0 Å². The second-order valence-corrected chi connectivity index (χ2v) is 8.93. The number of thioether (sulfide) groups is 1. The first kappa shape index (κ1) is 23.5. The van der Waals surface area contributed by atoms with Crippen molar-refractivity contribution in [1.82, 2.24) is 19.3 Å². The van der Waals surface area contributed by atoms with Gasteiger partial charge < -0.3 is 13.9 Å². The zero-order valence-corrected chi connectivity index (χ0v) is 20.4. The smallest absolute Gasteiger partial charge is 0.337 e. The standard InChI is InChI=1S/C26H26N4O3S/c1-17-14-22(18(2)30(17)21-12-10-20(11-13-21)25(32)33-4)23(31)16-34-26-28-27-24(29(26)3)15-19-8-6-5-7-9-19/h5-14H,15-16H2,1-4H3. The zero-order chi connectivity index (χ0) is 24.2. The highest BCUT2D eigenvalue weighted by atomic mass is 32.2. The van der Waals surface area contributed by atoms with Crippen LogP contribution in [0.1, 0.15) is 43.5 Å². The molecule has 34 heavy (non-hydrogen) atoms. The molecule has 7 nitrogen and oxygen atoms in total. The van der Waals surface area contributed by atoms with E-state index in [2.05, 4.69) is 22.3 Å². The number of aromatic nitrogens is 4. The van der Waals surface area contributed by atoms with Crippen molar-refractivity contribution in [3.05, 3.63) is 94.6 Å². The molecule has 0 aliphatic rings. The van der Waals surface area contributed by atoms with Crippen LogP contribution in [0.3, 0.4) is 0 Å². The third-order valence-electron chi connectivity index (χ3n) is 5.74. The summed E-state index contributed by atoms with van der Waals surface area (Å²) in [7, 11) is 3.28. The highest BCUT2D eigenvalue weighted by molar-refractivity contribution is 7.99. The van der Waals surface area contributed by atoms with Crippen LogP contribution in [0.5, 0.6) is 0 Å². The highest BCUT2D eigenvalue weighted by Gasteiger charge is 2.19. The van der Waals surface area contributed by atoms with Crippen molar-refractivity contribution in [2.45, 2.75) is 25.4 Å². The zero-order valence-electron chi connectivity index (χ0n) is 19.6. The Balaban J connectivity index is 1.47. The number of ketones is 1. The summed E-state index contributed by atoms with van der Waals surface area (Å²) < 4.78 is 8.72. The maximum atomic E-state index is 13.1. The molecular weight excluding hydrogens is 448 g/mol. The fraction of sp³-hybridized carbons (Fsp3) is 0.231. The van der Waals surface area contributed by atoms with Gasteiger partial charge in [0.15, 0.2) is 10.9 Å². The molecule has 2 heterocycles. The van der Waals surface area contributed by atoms with Crippen LogP contribution in [0.2, 0.25) is 0 Å². The van der Waals surface area contributed by atoms with E-state index < -0.39 is 0 Å². The number of hydrogen-bond donors (Lipinski definition) is 0. The van der Waals surface area contributed by atoms with E-state index in [4.69, 9.17) is 4.74 Å². The summed E-state index contributed by atoms with van der Waals surface area (Å²) in [6.45, 7) is 3.89. The average molecular weight is 475 g/mol. The van der Waals surface area contributed by atoms with Crippen LogP contribution in [0.25, 0.3) is 5.69 Å². The van der Waals surface area contributed by atoms with Gasteiger partial charge in [-0.25, -0.2) is 4.79 Å². The Morgan fingerprint density at radius 3 is 2.38 bits per heavy atom. The molecule has 2 aromatic carbocycles. The minimum Gasteiger partial charge on any atom is -0.465 e. The molecule has 0 fully saturated rings. The van der Waals surface area contributed by atoms with Gasteiger partial charge in [0.1, 0.15) is 5.82 Å². The van der Waals surface area contributed by atoms with Gasteiger partial charge in [-0.2, -0.15) is 0 Å². The number of aryl methyl sites for hydroxylation is 1. The number of nitrogens with zero attached hydrogens (tertiary/aromatic N) is 4. The SMILES string of the molecule is COC(=O)c1ccc(-n2c(C)cc(C(=O)CSc3nnc(Cc4ccccc4)n3C)c2C)cc1. The van der Waals surface area contributed by atoms with Crippen molar-refractivity contribution in [2.24, 2.45) is 7.05 Å². The van der Waals surface area contributed by atoms with Gasteiger partial charge in [-0.15, -0.1) is 10.2 Å². The van der Waals surface area contributed by atoms with Crippen molar-refractivity contribution in [1.29, 1.82) is 0 Å². The van der Waals surface area contributed by atoms with E-state index in [0.717, 1.165) is 28.5 Å². The molecule has 174 valence electrons. The van der Waals surface area contributed by atoms with Gasteiger partial charge >= 0.3 is 5.97 Å². The molecule has 4 aromatic rings. The fourth-order valence-corrected chi connectivity index (χ4v) is 4.73. The van der Waals surface area contributed by atoms with Crippen LogP contribution in [0, 0.1) is 13.8 Å². The Kier molecular flexibility index (Phi) is 6.98. The number of esters is 1. The lowest BCUT2D eigenvalue weighted by Crippen LogP contribution is -2.07. The van der Waals surface area contributed by atoms with Gasteiger partial charge in [0.05, 0.1) is 18.4 Å². The average Bonchev–Trinajstić information content (AvgIpc) is 3.35. The molecule has 0 saturated carbocycles. The Morgan fingerprint density at radius 1 is 1.00 bits per heavy atom. The van der Waals surface area contributed by atoms with Crippen LogP contribution in [0.4, 0.5) is 0 Å². The van der Waals surface area contributed by atoms with Gasteiger partial charge in [0.25, 0.3) is 0 Å². The van der Waals surface area contributed by atoms with Crippen LogP contribution >= 0.6 is 11.8 Å². The predicted molar refractivity (Wildman–Crippen MR) is 132 cm³/mol. The normalized spacial score (nSPS) is 10.9. The first-order valence-electron chi connectivity index (χ1n) is 10.8. The Hall–Kier alpha value is -3.65. The third kappa shape index (κ3) is 4.82. The lowest BCUT2D eigenvalue weighted by Gasteiger charge is -2.10. The quantitative estimate of drug-likeness (QED) is 0.211. The largest absolute Gasteiger partial charge is 0.465 e. The molecule has 0 unspecified atom stereocenters. The van der Waals surface area contributed by atoms with E-state index in [1.807, 2.05) is 66.4 Å². The number of carbonyl (C=O) groups excluding carboxylic acids is 2. The van der Waals surface area contributed by atoms with Gasteiger partial charge in [-0.1, -0.05) is 42.1 Å². The molecule has 0 saturated heterocycles. The van der Waals surface area contributed by atoms with E-state index in [0.29, 0.717) is 22.7 Å². The highest BCUT2D eigenvalue weighted by Crippen LogP contribution is 2.24. The number of carbonyl (C=O) groups is 2. The minimum absolute atomic E-state index is 0.0307. The summed E-state index contributed by atoms with van der Waals surface area (Å²) in [4.78, 5) is 24.8. The Morgan fingerprint density at radius 2 is 1.71 bits per heavy atom. The van der Waals surface area contributed by atoms with Crippen LogP contribution < -0.4 is 0 Å². The molecule has 0 N–H and O–H groups in total. The van der Waals surface area contributed by atoms with Gasteiger partial charge in [-0.3, -0.25) is 4.79 Å². The van der Waals surface area contributed by atoms with Crippen molar-refractivity contribution >= 4 is 23.5 Å². The number of hydrogen-bond acceptors (Lipinski definition) is 6. The maximum Gasteiger partial charge on any atom is 0.337 e. The molecule has 0 spiro atoms. The summed E-state index contributed by atoms with van der Waals surface area (Å²) in [5, 5.41) is 9.30. The monoisotopic (exact) mass is 474 g/mol. The van der Waals surface area contributed by atoms with Crippen molar-refractivity contribution in [3.8, 4) is 5.69 Å². The second-order valence-electron chi connectivity index (χ2n) is 7.99. The van der Waals surface area contributed by atoms with Crippen LogP contribution in [0.15, 0.2) is 65.8 Å². The Labute approximate surface area is 202 Å². The number of ether oxygens (including phenoxy) is 1. The molecule has 0 bridgehead atoms. The van der Waals surface area contributed by atoms with Gasteiger partial charge in [-0.05, 0) is 49.7 Å². The van der Waals surface area contributed by atoms with E-state index in [-0.39, 0.29) is 17.5 Å². The fourth-order valence-electron chi connectivity index (χ4n) is 3.92. The summed E-state index contributed by atoms with van der Waals surface area (Å²) >= 11 is 1.39. The lowest BCUT2D eigenvalue weighted by molar-refractivity contribution is 0.0600. The molecule has 2 aromatic heterocycles. The molecule has 8 heteroatoms. The third-order valence-corrected chi connectivity index (χ3v) is 6.76. The summed E-state index contributed by atoms with van der Waals surface area (Å²) in [5.74, 6) is 0.775. The van der Waals surface area contributed by atoms with Crippen molar-refractivity contribution < 1.29 is 14.3 Å². The second kappa shape index (κ2) is 10.1. The van der Waals surface area contributed by atoms with Crippen LogP contribution in [-0.2, 0) is 18.2 Å². The first-order valence-corrected chi connectivity index (χ1v) is 11.8. The minimum atomic E-state index is -0.379. The lowest BCUT2D eigenvalue weighted by atomic mass is 10.1. The summed E-state index contributed by atoms with van der Waals surface area (Å²) in [6, 6.07) is 19.2. The number of Topliss-reactive ketones (excluding diaryl/α,β-unsaturated/α-hetero) is 1. The van der Waals surface area contributed by atoms with Crippen molar-refractivity contribution in [2.75, 3.05) is 12.9 Å². The molecule has 0 radical (unpaired) electrons. The van der Waals surface area contributed by atoms with Gasteiger partial charge in [0.2, 0.25) is 0 Å². The summed E-state index contributed by atoms with van der Waals surface area (Å²) in [6.07, 6.45) is 0.689. The number of benzene rings is 2. The Bertz CT molecular complexity index is 1320. The summed E-state index contributed by atoms with van der Waals surface area (Å²) in [5.41, 5.74) is 5.01. The van der Waals surface area contributed by atoms with E-state index in [1.54, 1.807) is 12.1 Å². The van der Waals surface area contributed by atoms with Gasteiger partial charge in [0, 0.05) is 36.1 Å². The number of rotatable bonds is 8. The molecule has 0 aliphatic heterocycles. The maximum absolute atomic E-state index is 13.1. The molecule has 0 aliphatic carbocycles. The topological polar surface area (TPSA) is 79.0 Å². The predicted octanol–water partition coefficient (Wildman–Crippen LogP) is 4.58. The molecule has 0 atom stereocenters. The van der Waals surface area contributed by atoms with E-state index in [1.165, 1.54) is 18.9 Å². The van der Waals surface area contributed by atoms with E-state index >= 15 is 0 Å². The number of methoxy groups -OCH3 is 1. The van der Waals surface area contributed by atoms with E-state index in [9.17, 15) is 9.59 Å². The first-order chi connectivity index (χ1) is 16.4. The van der Waals surface area contributed by atoms with Crippen LogP contribution in [-0.4, -0.2) is 43.9 Å². The molecule has 0 amide bonds. The molecule has 4 rings (SSSR count). The molecular formula is C26H26N4O3S.